The van der Waals surface area contributed by atoms with E-state index in [2.05, 4.69) is 54.5 Å². The van der Waals surface area contributed by atoms with Gasteiger partial charge in [0.2, 0.25) is 0 Å². The molecule has 0 aromatic carbocycles. The molecule has 4 heterocycles. The van der Waals surface area contributed by atoms with Crippen molar-refractivity contribution in [2.24, 2.45) is 45.3 Å². The summed E-state index contributed by atoms with van der Waals surface area (Å²) in [5.74, 6) is -0.108. The lowest BCUT2D eigenvalue weighted by atomic mass is 9.35. The van der Waals surface area contributed by atoms with Crippen LogP contribution in [-0.2, 0) is 28.4 Å². The van der Waals surface area contributed by atoms with E-state index < -0.39 is 79.4 Å². The van der Waals surface area contributed by atoms with Crippen molar-refractivity contribution in [1.82, 2.24) is 0 Å². The van der Waals surface area contributed by atoms with Gasteiger partial charge in [-0.1, -0.05) is 39.3 Å². The summed E-state index contributed by atoms with van der Waals surface area (Å²) in [4.78, 5) is 0. The zero-order valence-electron chi connectivity index (χ0n) is 34.0. The van der Waals surface area contributed by atoms with Gasteiger partial charge in [-0.3, -0.25) is 0 Å². The van der Waals surface area contributed by atoms with E-state index in [1.807, 2.05) is 0 Å². The van der Waals surface area contributed by atoms with Crippen molar-refractivity contribution >= 4 is 0 Å². The molecule has 0 aromatic heterocycles. The average molecular weight is 781 g/mol. The predicted octanol–water partition coefficient (Wildman–Crippen LogP) is 2.53. The molecule has 8 fully saturated rings. The highest BCUT2D eigenvalue weighted by atomic mass is 16.7. The minimum atomic E-state index is -1.48. The van der Waals surface area contributed by atoms with Crippen LogP contribution < -0.4 is 0 Å². The lowest BCUT2D eigenvalue weighted by molar-refractivity contribution is -0.384. The third-order valence-corrected chi connectivity index (χ3v) is 17.1. The molecule has 0 aromatic rings. The zero-order chi connectivity index (χ0) is 39.8. The Hall–Kier alpha value is -0.780. The average Bonchev–Trinajstić information content (AvgIpc) is 3.63. The van der Waals surface area contributed by atoms with Crippen molar-refractivity contribution < 1.29 is 64.2 Å². The Kier molecular flexibility index (Phi) is 10.1. The van der Waals surface area contributed by atoms with E-state index in [4.69, 9.17) is 28.4 Å². The molecule has 2 spiro atoms. The summed E-state index contributed by atoms with van der Waals surface area (Å²) in [6, 6.07) is 0. The number of fused-ring (bicyclic) bond motifs is 4. The highest BCUT2D eigenvalue weighted by molar-refractivity contribution is 5.27. The molecule has 8 rings (SSSR count). The second-order valence-corrected chi connectivity index (χ2v) is 20.6. The SMILES string of the molecule is CC(C)=CC1CC(C)(OC2OC(C)C(O)C(O)C2O)C2C3CCC4C5(C)CCC(OC6OC(CO)C(O)C(O)C6O)C(C)(C)C5CCC4(C)C34COC2(C4)O1. The molecule has 13 heteroatoms. The fourth-order valence-electron chi connectivity index (χ4n) is 14.6. The standard InChI is InChI=1S/C42H68O13/c1-20(2)15-22-16-40(8,55-36-33(49)30(46)28(44)21(3)51-36)34-23-9-10-26-38(6)13-12-27(53-35-32(48)31(47)29(45)24(17-43)52-35)37(4,5)25(38)11-14-39(26,7)41(23)18-42(34,54-22)50-19-41/h15,21-36,43-49H,9-14,16-19H2,1-8H3. The van der Waals surface area contributed by atoms with Crippen LogP contribution in [0.2, 0.25) is 0 Å². The maximum atomic E-state index is 11.1. The summed E-state index contributed by atoms with van der Waals surface area (Å²) >= 11 is 0. The Morgan fingerprint density at radius 3 is 2.16 bits per heavy atom. The van der Waals surface area contributed by atoms with Crippen molar-refractivity contribution in [2.75, 3.05) is 13.2 Å². The molecule has 7 N–H and O–H groups in total. The van der Waals surface area contributed by atoms with Crippen LogP contribution in [0.15, 0.2) is 11.6 Å². The summed E-state index contributed by atoms with van der Waals surface area (Å²) < 4.78 is 39.5. The molecule has 0 radical (unpaired) electrons. The molecular formula is C42H68O13. The Balaban J connectivity index is 1.08. The van der Waals surface area contributed by atoms with Crippen molar-refractivity contribution in [3.8, 4) is 0 Å². The molecule has 13 nitrogen and oxygen atoms in total. The van der Waals surface area contributed by atoms with E-state index in [9.17, 15) is 35.7 Å². The molecule has 4 saturated heterocycles. The number of aliphatic hydroxyl groups is 7. The second kappa shape index (κ2) is 13.6. The van der Waals surface area contributed by atoms with Crippen LogP contribution in [0.1, 0.15) is 107 Å². The van der Waals surface area contributed by atoms with Crippen molar-refractivity contribution in [3.63, 3.8) is 0 Å². The Morgan fingerprint density at radius 2 is 1.47 bits per heavy atom. The molecule has 4 saturated carbocycles. The minimum Gasteiger partial charge on any atom is -0.394 e. The van der Waals surface area contributed by atoms with Crippen LogP contribution in [0.4, 0.5) is 0 Å². The van der Waals surface area contributed by atoms with Crippen LogP contribution >= 0.6 is 0 Å². The van der Waals surface area contributed by atoms with Gasteiger partial charge in [-0.05, 0) is 100 Å². The first-order valence-electron chi connectivity index (χ1n) is 21.0. The summed E-state index contributed by atoms with van der Waals surface area (Å²) in [5, 5.41) is 73.8. The Labute approximate surface area is 325 Å². The third kappa shape index (κ3) is 5.80. The van der Waals surface area contributed by atoms with Crippen LogP contribution in [0.5, 0.6) is 0 Å². The monoisotopic (exact) mass is 780 g/mol. The van der Waals surface area contributed by atoms with Gasteiger partial charge in [0.05, 0.1) is 37.1 Å². The summed E-state index contributed by atoms with van der Waals surface area (Å²) in [6.45, 7) is 17.5. The molecule has 2 bridgehead atoms. The van der Waals surface area contributed by atoms with Crippen LogP contribution in [0.25, 0.3) is 0 Å². The van der Waals surface area contributed by atoms with E-state index in [-0.39, 0.29) is 45.7 Å². The quantitative estimate of drug-likeness (QED) is 0.154. The summed E-state index contributed by atoms with van der Waals surface area (Å²) in [6.07, 6.45) is -3.89. The molecule has 4 aliphatic heterocycles. The smallest absolute Gasteiger partial charge is 0.187 e. The predicted molar refractivity (Wildman–Crippen MR) is 197 cm³/mol. The summed E-state index contributed by atoms with van der Waals surface area (Å²) in [5.41, 5.74) is -0.286. The van der Waals surface area contributed by atoms with Crippen molar-refractivity contribution in [1.29, 1.82) is 0 Å². The lowest BCUT2D eigenvalue weighted by Crippen LogP contribution is -2.68. The molecule has 21 atom stereocenters. The first kappa shape index (κ1) is 41.0. The maximum Gasteiger partial charge on any atom is 0.187 e. The third-order valence-electron chi connectivity index (χ3n) is 17.1. The molecule has 0 amide bonds. The van der Waals surface area contributed by atoms with Gasteiger partial charge in [0.25, 0.3) is 0 Å². The van der Waals surface area contributed by atoms with Crippen LogP contribution in [0, 0.1) is 45.3 Å². The zero-order valence-corrected chi connectivity index (χ0v) is 34.0. The number of rotatable bonds is 6. The van der Waals surface area contributed by atoms with Crippen LogP contribution in [0.3, 0.4) is 0 Å². The van der Waals surface area contributed by atoms with E-state index >= 15 is 0 Å². The van der Waals surface area contributed by atoms with Gasteiger partial charge in [0, 0.05) is 24.2 Å². The molecule has 21 unspecified atom stereocenters. The maximum absolute atomic E-state index is 11.1. The molecule has 55 heavy (non-hydrogen) atoms. The molecular weight excluding hydrogens is 712 g/mol. The Bertz CT molecular complexity index is 1490. The normalized spacial score (nSPS) is 58.2. The molecule has 4 aliphatic carbocycles. The Morgan fingerprint density at radius 1 is 0.782 bits per heavy atom. The van der Waals surface area contributed by atoms with Crippen LogP contribution in [-0.4, -0.2) is 134 Å². The number of hydrogen-bond donors (Lipinski definition) is 7. The minimum absolute atomic E-state index is 0.0204. The number of hydrogen-bond acceptors (Lipinski definition) is 13. The van der Waals surface area contributed by atoms with E-state index in [0.717, 1.165) is 50.5 Å². The lowest BCUT2D eigenvalue weighted by Gasteiger charge is -2.70. The van der Waals surface area contributed by atoms with Gasteiger partial charge < -0.3 is 64.2 Å². The topological polar surface area (TPSA) is 197 Å². The van der Waals surface area contributed by atoms with Gasteiger partial charge in [-0.15, -0.1) is 0 Å². The van der Waals surface area contributed by atoms with Gasteiger partial charge in [-0.25, -0.2) is 0 Å². The first-order chi connectivity index (χ1) is 25.7. The van der Waals surface area contributed by atoms with Gasteiger partial charge in [0.15, 0.2) is 18.4 Å². The molecule has 314 valence electrons. The first-order valence-corrected chi connectivity index (χ1v) is 21.0. The van der Waals surface area contributed by atoms with Gasteiger partial charge in [-0.2, -0.15) is 0 Å². The second-order valence-electron chi connectivity index (χ2n) is 20.6. The van der Waals surface area contributed by atoms with Gasteiger partial charge >= 0.3 is 0 Å². The molecule has 8 aliphatic rings. The van der Waals surface area contributed by atoms with E-state index in [1.54, 1.807) is 6.92 Å². The van der Waals surface area contributed by atoms with Crippen molar-refractivity contribution in [2.45, 2.75) is 192 Å². The van der Waals surface area contributed by atoms with E-state index in [1.165, 1.54) is 0 Å². The number of aliphatic hydroxyl groups excluding tert-OH is 7. The highest BCUT2D eigenvalue weighted by Crippen LogP contribution is 2.80. The van der Waals surface area contributed by atoms with Gasteiger partial charge in [0.1, 0.15) is 42.7 Å². The largest absolute Gasteiger partial charge is 0.394 e. The van der Waals surface area contributed by atoms with E-state index in [0.29, 0.717) is 24.9 Å². The highest BCUT2D eigenvalue weighted by Gasteiger charge is 2.81. The number of allylic oxidation sites excluding steroid dienone is 1. The van der Waals surface area contributed by atoms with Crippen molar-refractivity contribution in [3.05, 3.63) is 11.6 Å². The number of ether oxygens (including phenoxy) is 6. The fraction of sp³-hybridized carbons (Fsp3) is 0.952. The summed E-state index contributed by atoms with van der Waals surface area (Å²) in [7, 11) is 0. The fourth-order valence-corrected chi connectivity index (χ4v) is 14.6.